The third-order valence-corrected chi connectivity index (χ3v) is 3.12. The van der Waals surface area contributed by atoms with Gasteiger partial charge in [-0.05, 0) is 18.7 Å². The van der Waals surface area contributed by atoms with Crippen LogP contribution in [0.4, 0.5) is 0 Å². The number of thiocarbonyl (C=S) groups is 1. The molecule has 0 saturated heterocycles. The molecule has 3 N–H and O–H groups in total. The lowest BCUT2D eigenvalue weighted by atomic mass is 10.2. The molecule has 0 aliphatic carbocycles. The molecule has 0 bridgehead atoms. The Kier molecular flexibility index (Phi) is 6.97. The van der Waals surface area contributed by atoms with Crippen LogP contribution in [0.3, 0.4) is 0 Å². The van der Waals surface area contributed by atoms with Crippen LogP contribution in [0, 0.1) is 0 Å². The smallest absolute Gasteiger partial charge is 0.233 e. The van der Waals surface area contributed by atoms with E-state index in [9.17, 15) is 4.79 Å². The second kappa shape index (κ2) is 8.50. The van der Waals surface area contributed by atoms with E-state index >= 15 is 0 Å². The van der Waals surface area contributed by atoms with Gasteiger partial charge < -0.3 is 15.8 Å². The molecule has 1 rings (SSSR count). The van der Waals surface area contributed by atoms with Crippen LogP contribution in [0.2, 0.25) is 0 Å². The number of rotatable bonds is 8. The summed E-state index contributed by atoms with van der Waals surface area (Å²) in [6, 6.07) is 7.37. The Hall–Kier alpha value is -1.66. The number of nitrogens with two attached hydrogens (primary N) is 1. The molecular weight excluding hydrogens is 274 g/mol. The zero-order valence-electron chi connectivity index (χ0n) is 11.9. The SMILES string of the molecule is CCN(CCOc1cccc(C(N)=S)c1)CC(=O)NC. The largest absolute Gasteiger partial charge is 0.492 e. The molecule has 0 atom stereocenters. The van der Waals surface area contributed by atoms with E-state index < -0.39 is 0 Å². The summed E-state index contributed by atoms with van der Waals surface area (Å²) in [4.78, 5) is 13.7. The molecule has 20 heavy (non-hydrogen) atoms. The lowest BCUT2D eigenvalue weighted by Gasteiger charge is -2.19. The number of benzene rings is 1. The minimum Gasteiger partial charge on any atom is -0.492 e. The quantitative estimate of drug-likeness (QED) is 0.693. The van der Waals surface area contributed by atoms with Gasteiger partial charge in [0.15, 0.2) is 0 Å². The topological polar surface area (TPSA) is 67.6 Å². The third-order valence-electron chi connectivity index (χ3n) is 2.89. The first-order valence-corrected chi connectivity index (χ1v) is 6.93. The fraction of sp³-hybridized carbons (Fsp3) is 0.429. The molecule has 0 radical (unpaired) electrons. The molecule has 0 fully saturated rings. The van der Waals surface area contributed by atoms with E-state index in [1.165, 1.54) is 0 Å². The molecule has 1 amide bonds. The first-order chi connectivity index (χ1) is 9.56. The van der Waals surface area contributed by atoms with Crippen LogP contribution < -0.4 is 15.8 Å². The van der Waals surface area contributed by atoms with Crippen molar-refractivity contribution in [1.82, 2.24) is 10.2 Å². The number of nitrogens with one attached hydrogen (secondary N) is 1. The summed E-state index contributed by atoms with van der Waals surface area (Å²) in [6.07, 6.45) is 0. The average molecular weight is 295 g/mol. The van der Waals surface area contributed by atoms with Crippen LogP contribution >= 0.6 is 12.2 Å². The number of hydrogen-bond acceptors (Lipinski definition) is 4. The molecule has 1 aromatic rings. The number of carbonyl (C=O) groups is 1. The molecule has 0 saturated carbocycles. The van der Waals surface area contributed by atoms with Crippen molar-refractivity contribution in [3.05, 3.63) is 29.8 Å². The van der Waals surface area contributed by atoms with Gasteiger partial charge in [-0.25, -0.2) is 0 Å². The van der Waals surface area contributed by atoms with Gasteiger partial charge in [-0.3, -0.25) is 9.69 Å². The zero-order valence-corrected chi connectivity index (χ0v) is 12.7. The second-order valence-electron chi connectivity index (χ2n) is 4.28. The lowest BCUT2D eigenvalue weighted by Crippen LogP contribution is -2.37. The van der Waals surface area contributed by atoms with Crippen molar-refractivity contribution in [3.8, 4) is 5.75 Å². The summed E-state index contributed by atoms with van der Waals surface area (Å²) >= 11 is 4.92. The molecule has 0 heterocycles. The Bertz CT molecular complexity index is 465. The van der Waals surface area contributed by atoms with Gasteiger partial charge in [-0.15, -0.1) is 0 Å². The van der Waals surface area contributed by atoms with Gasteiger partial charge in [-0.1, -0.05) is 31.3 Å². The molecule has 6 heteroatoms. The maximum Gasteiger partial charge on any atom is 0.233 e. The molecule has 110 valence electrons. The van der Waals surface area contributed by atoms with Crippen molar-refractivity contribution in [2.75, 3.05) is 33.3 Å². The molecular formula is C14H21N3O2S. The summed E-state index contributed by atoms with van der Waals surface area (Å²) in [5.74, 6) is 0.730. The van der Waals surface area contributed by atoms with Gasteiger partial charge in [0.2, 0.25) is 5.91 Å². The highest BCUT2D eigenvalue weighted by atomic mass is 32.1. The molecule has 0 spiro atoms. The second-order valence-corrected chi connectivity index (χ2v) is 4.72. The monoisotopic (exact) mass is 295 g/mol. The van der Waals surface area contributed by atoms with Crippen LogP contribution in [0.1, 0.15) is 12.5 Å². The van der Waals surface area contributed by atoms with E-state index in [0.717, 1.165) is 17.9 Å². The maximum absolute atomic E-state index is 11.3. The molecule has 0 aliphatic rings. The standard InChI is InChI=1S/C14H21N3O2S/c1-3-17(10-13(18)16-2)7-8-19-12-6-4-5-11(9-12)14(15)20/h4-6,9H,3,7-8,10H2,1-2H3,(H2,15,20)(H,16,18). The highest BCUT2D eigenvalue weighted by Gasteiger charge is 2.07. The van der Waals surface area contributed by atoms with E-state index in [1.807, 2.05) is 36.1 Å². The summed E-state index contributed by atoms with van der Waals surface area (Å²) in [7, 11) is 1.63. The summed E-state index contributed by atoms with van der Waals surface area (Å²) in [6.45, 7) is 4.37. The van der Waals surface area contributed by atoms with E-state index in [0.29, 0.717) is 24.7 Å². The number of likely N-dealkylation sites (N-methyl/N-ethyl adjacent to an activating group) is 2. The van der Waals surface area contributed by atoms with Gasteiger partial charge in [0.25, 0.3) is 0 Å². The van der Waals surface area contributed by atoms with E-state index in [-0.39, 0.29) is 5.91 Å². The van der Waals surface area contributed by atoms with Crippen molar-refractivity contribution < 1.29 is 9.53 Å². The highest BCUT2D eigenvalue weighted by molar-refractivity contribution is 7.80. The highest BCUT2D eigenvalue weighted by Crippen LogP contribution is 2.13. The first-order valence-electron chi connectivity index (χ1n) is 6.52. The fourth-order valence-corrected chi connectivity index (χ4v) is 1.79. The van der Waals surface area contributed by atoms with Gasteiger partial charge in [0.05, 0.1) is 6.54 Å². The average Bonchev–Trinajstić information content (AvgIpc) is 2.46. The zero-order chi connectivity index (χ0) is 15.0. The predicted molar refractivity (Wildman–Crippen MR) is 84.0 cm³/mol. The first kappa shape index (κ1) is 16.4. The fourth-order valence-electron chi connectivity index (χ4n) is 1.66. The van der Waals surface area contributed by atoms with Crippen LogP contribution in [-0.2, 0) is 4.79 Å². The summed E-state index contributed by atoms with van der Waals surface area (Å²) in [5.41, 5.74) is 6.36. The molecule has 0 unspecified atom stereocenters. The van der Waals surface area contributed by atoms with E-state index in [4.69, 9.17) is 22.7 Å². The molecule has 5 nitrogen and oxygen atoms in total. The van der Waals surface area contributed by atoms with Crippen molar-refractivity contribution in [3.63, 3.8) is 0 Å². The number of ether oxygens (including phenoxy) is 1. The summed E-state index contributed by atoms with van der Waals surface area (Å²) < 4.78 is 5.66. The van der Waals surface area contributed by atoms with Crippen molar-refractivity contribution in [1.29, 1.82) is 0 Å². The van der Waals surface area contributed by atoms with Crippen molar-refractivity contribution >= 4 is 23.1 Å². The number of amides is 1. The van der Waals surface area contributed by atoms with Crippen LogP contribution in [0.15, 0.2) is 24.3 Å². The Morgan fingerprint density at radius 3 is 2.85 bits per heavy atom. The van der Waals surface area contributed by atoms with E-state index in [1.54, 1.807) is 7.05 Å². The molecule has 1 aromatic carbocycles. The summed E-state index contributed by atoms with van der Waals surface area (Å²) in [5, 5.41) is 2.61. The predicted octanol–water partition coefficient (Wildman–Crippen LogP) is 0.767. The van der Waals surface area contributed by atoms with Gasteiger partial charge in [0, 0.05) is 19.2 Å². The Morgan fingerprint density at radius 2 is 2.25 bits per heavy atom. The lowest BCUT2D eigenvalue weighted by molar-refractivity contribution is -0.121. The normalized spacial score (nSPS) is 10.3. The minimum absolute atomic E-state index is 0.00216. The van der Waals surface area contributed by atoms with Crippen molar-refractivity contribution in [2.45, 2.75) is 6.92 Å². The van der Waals surface area contributed by atoms with Gasteiger partial charge >= 0.3 is 0 Å². The molecule has 0 aliphatic heterocycles. The van der Waals surface area contributed by atoms with Crippen LogP contribution in [0.25, 0.3) is 0 Å². The Balaban J connectivity index is 2.44. The minimum atomic E-state index is 0.00216. The van der Waals surface area contributed by atoms with E-state index in [2.05, 4.69) is 5.32 Å². The van der Waals surface area contributed by atoms with Gasteiger partial charge in [0.1, 0.15) is 17.3 Å². The number of hydrogen-bond donors (Lipinski definition) is 2. The van der Waals surface area contributed by atoms with Crippen LogP contribution in [0.5, 0.6) is 5.75 Å². The van der Waals surface area contributed by atoms with Gasteiger partial charge in [-0.2, -0.15) is 0 Å². The Morgan fingerprint density at radius 1 is 1.50 bits per heavy atom. The Labute approximate surface area is 125 Å². The number of nitrogens with zero attached hydrogens (tertiary/aromatic N) is 1. The van der Waals surface area contributed by atoms with Crippen molar-refractivity contribution in [2.24, 2.45) is 5.73 Å². The third kappa shape index (κ3) is 5.54. The number of carbonyl (C=O) groups excluding carboxylic acids is 1. The maximum atomic E-state index is 11.3. The molecule has 0 aromatic heterocycles. The van der Waals surface area contributed by atoms with Crippen LogP contribution in [-0.4, -0.2) is 49.1 Å².